The van der Waals surface area contributed by atoms with Crippen molar-refractivity contribution in [1.29, 1.82) is 0 Å². The van der Waals surface area contributed by atoms with Crippen LogP contribution in [0, 0.1) is 6.92 Å². The first-order chi connectivity index (χ1) is 8.20. The van der Waals surface area contributed by atoms with E-state index in [-0.39, 0.29) is 0 Å². The third-order valence-corrected chi connectivity index (χ3v) is 2.72. The lowest BCUT2D eigenvalue weighted by molar-refractivity contribution is 1.06. The fourth-order valence-corrected chi connectivity index (χ4v) is 1.66. The molecule has 0 unspecified atom stereocenters. The van der Waals surface area contributed by atoms with Gasteiger partial charge in [0.2, 0.25) is 0 Å². The molecule has 0 aliphatic heterocycles. The first-order valence-electron chi connectivity index (χ1n) is 5.77. The largest absolute Gasteiger partial charge is 0.401 e. The van der Waals surface area contributed by atoms with Crippen molar-refractivity contribution in [1.82, 2.24) is 4.98 Å². The first kappa shape index (κ1) is 11.5. The number of aryl methyl sites for hydroxylation is 1. The second-order valence-corrected chi connectivity index (χ2v) is 4.10. The van der Waals surface area contributed by atoms with E-state index in [1.807, 2.05) is 19.2 Å². The minimum Gasteiger partial charge on any atom is -0.401 e. The molecule has 0 atom stereocenters. The molecule has 0 radical (unpaired) electrons. The van der Waals surface area contributed by atoms with Gasteiger partial charge in [0, 0.05) is 29.2 Å². The number of nitrogens with zero attached hydrogens (tertiary/aromatic N) is 1. The molecule has 0 spiro atoms. The minimum atomic E-state index is 0.835. The second kappa shape index (κ2) is 4.87. The van der Waals surface area contributed by atoms with E-state index in [1.54, 1.807) is 6.20 Å². The predicted octanol–water partition coefficient (Wildman–Crippen LogP) is 3.17. The van der Waals surface area contributed by atoms with Crippen LogP contribution in [0.1, 0.15) is 18.9 Å². The summed E-state index contributed by atoms with van der Waals surface area (Å²) in [5.41, 5.74) is 9.85. The number of aromatic nitrogens is 1. The zero-order chi connectivity index (χ0) is 12.3. The smallest absolute Gasteiger partial charge is 0.0725 e. The third-order valence-electron chi connectivity index (χ3n) is 2.72. The highest BCUT2D eigenvalue weighted by molar-refractivity contribution is 5.91. The third kappa shape index (κ3) is 2.56. The molecule has 0 fully saturated rings. The normalized spacial score (nSPS) is 11.8. The number of nitrogens with one attached hydrogen (secondary N) is 1. The Hall–Kier alpha value is -2.03. The highest BCUT2D eigenvalue weighted by Crippen LogP contribution is 2.22. The molecule has 3 heteroatoms. The van der Waals surface area contributed by atoms with Crippen LogP contribution in [0.5, 0.6) is 0 Å². The van der Waals surface area contributed by atoms with Crippen molar-refractivity contribution < 1.29 is 0 Å². The highest BCUT2D eigenvalue weighted by Gasteiger charge is 2.00. The number of benzene rings is 1. The molecule has 1 aromatic carbocycles. The standard InChI is InChI=1S/C14H17N3/c1-3-11(15)9-17-13-6-7-16-14-8-10(2)4-5-12(13)14/h4-9H,3,15H2,1-2H3,(H,16,17)/b11-9-. The summed E-state index contributed by atoms with van der Waals surface area (Å²) in [5, 5.41) is 4.34. The zero-order valence-electron chi connectivity index (χ0n) is 10.2. The number of fused-ring (bicyclic) bond motifs is 1. The Morgan fingerprint density at radius 1 is 1.41 bits per heavy atom. The quantitative estimate of drug-likeness (QED) is 0.846. The fraction of sp³-hybridized carbons (Fsp3) is 0.214. The lowest BCUT2D eigenvalue weighted by Gasteiger charge is -2.07. The van der Waals surface area contributed by atoms with E-state index >= 15 is 0 Å². The molecule has 2 aromatic rings. The molecule has 0 aliphatic rings. The SMILES string of the molecule is CC/C(N)=C/Nc1ccnc2cc(C)ccc12. The molecule has 1 heterocycles. The summed E-state index contributed by atoms with van der Waals surface area (Å²) in [6.45, 7) is 4.09. The van der Waals surface area contributed by atoms with E-state index in [4.69, 9.17) is 5.73 Å². The predicted molar refractivity (Wildman–Crippen MR) is 72.7 cm³/mol. The topological polar surface area (TPSA) is 50.9 Å². The van der Waals surface area contributed by atoms with Gasteiger partial charge in [0.25, 0.3) is 0 Å². The lowest BCUT2D eigenvalue weighted by atomic mass is 10.1. The molecular weight excluding hydrogens is 210 g/mol. The number of rotatable bonds is 3. The van der Waals surface area contributed by atoms with Gasteiger partial charge >= 0.3 is 0 Å². The molecule has 0 bridgehead atoms. The second-order valence-electron chi connectivity index (χ2n) is 4.10. The maximum Gasteiger partial charge on any atom is 0.0725 e. The Labute approximate surface area is 101 Å². The number of hydrogen-bond acceptors (Lipinski definition) is 3. The summed E-state index contributed by atoms with van der Waals surface area (Å²) in [4.78, 5) is 4.36. The molecule has 2 rings (SSSR count). The van der Waals surface area contributed by atoms with Gasteiger partial charge < -0.3 is 11.1 Å². The van der Waals surface area contributed by atoms with Crippen molar-refractivity contribution in [2.75, 3.05) is 5.32 Å². The van der Waals surface area contributed by atoms with E-state index in [9.17, 15) is 0 Å². The van der Waals surface area contributed by atoms with Gasteiger partial charge in [-0.25, -0.2) is 0 Å². The van der Waals surface area contributed by atoms with Crippen molar-refractivity contribution in [3.63, 3.8) is 0 Å². The number of nitrogens with two attached hydrogens (primary N) is 1. The maximum absolute atomic E-state index is 5.77. The summed E-state index contributed by atoms with van der Waals surface area (Å²) < 4.78 is 0. The van der Waals surface area contributed by atoms with Crippen molar-refractivity contribution in [3.8, 4) is 0 Å². The van der Waals surface area contributed by atoms with E-state index < -0.39 is 0 Å². The molecular formula is C14H17N3. The number of anilines is 1. The molecule has 0 amide bonds. The van der Waals surface area contributed by atoms with E-state index in [1.165, 1.54) is 5.56 Å². The van der Waals surface area contributed by atoms with Crippen LogP contribution in [0.3, 0.4) is 0 Å². The van der Waals surface area contributed by atoms with Gasteiger partial charge in [-0.3, -0.25) is 4.98 Å². The van der Waals surface area contributed by atoms with Gasteiger partial charge in [0.05, 0.1) is 5.52 Å². The van der Waals surface area contributed by atoms with Gasteiger partial charge in [-0.2, -0.15) is 0 Å². The molecule has 0 saturated carbocycles. The molecule has 3 nitrogen and oxygen atoms in total. The van der Waals surface area contributed by atoms with Gasteiger partial charge in [-0.15, -0.1) is 0 Å². The van der Waals surface area contributed by atoms with Crippen molar-refractivity contribution in [3.05, 3.63) is 47.9 Å². The number of allylic oxidation sites excluding steroid dienone is 1. The van der Waals surface area contributed by atoms with E-state index in [2.05, 4.69) is 35.4 Å². The Kier molecular flexibility index (Phi) is 3.28. The van der Waals surface area contributed by atoms with Crippen molar-refractivity contribution in [2.45, 2.75) is 20.3 Å². The lowest BCUT2D eigenvalue weighted by Crippen LogP contribution is -2.00. The number of pyridine rings is 1. The Morgan fingerprint density at radius 2 is 2.24 bits per heavy atom. The first-order valence-corrected chi connectivity index (χ1v) is 5.77. The van der Waals surface area contributed by atoms with Crippen LogP contribution in [0.15, 0.2) is 42.4 Å². The molecule has 88 valence electrons. The van der Waals surface area contributed by atoms with E-state index in [0.717, 1.165) is 28.7 Å². The summed E-state index contributed by atoms with van der Waals surface area (Å²) in [7, 11) is 0. The van der Waals surface area contributed by atoms with Crippen LogP contribution in [-0.4, -0.2) is 4.98 Å². The van der Waals surface area contributed by atoms with Crippen LogP contribution < -0.4 is 11.1 Å². The molecule has 3 N–H and O–H groups in total. The zero-order valence-corrected chi connectivity index (χ0v) is 10.2. The highest BCUT2D eigenvalue weighted by atomic mass is 14.9. The average molecular weight is 227 g/mol. The fourth-order valence-electron chi connectivity index (χ4n) is 1.66. The maximum atomic E-state index is 5.77. The van der Waals surface area contributed by atoms with Gasteiger partial charge in [0.15, 0.2) is 0 Å². The molecule has 0 saturated heterocycles. The molecule has 17 heavy (non-hydrogen) atoms. The summed E-state index contributed by atoms with van der Waals surface area (Å²) in [6.07, 6.45) is 4.49. The van der Waals surface area contributed by atoms with Crippen LogP contribution in [0.4, 0.5) is 5.69 Å². The van der Waals surface area contributed by atoms with E-state index in [0.29, 0.717) is 0 Å². The Balaban J connectivity index is 2.41. The number of hydrogen-bond donors (Lipinski definition) is 2. The van der Waals surface area contributed by atoms with Crippen LogP contribution in [-0.2, 0) is 0 Å². The van der Waals surface area contributed by atoms with Crippen molar-refractivity contribution in [2.24, 2.45) is 5.73 Å². The van der Waals surface area contributed by atoms with Crippen molar-refractivity contribution >= 4 is 16.6 Å². The minimum absolute atomic E-state index is 0.835. The summed E-state index contributed by atoms with van der Waals surface area (Å²) >= 11 is 0. The van der Waals surface area contributed by atoms with Crippen LogP contribution in [0.2, 0.25) is 0 Å². The molecule has 0 aliphatic carbocycles. The van der Waals surface area contributed by atoms with Crippen LogP contribution in [0.25, 0.3) is 10.9 Å². The van der Waals surface area contributed by atoms with Crippen LogP contribution >= 0.6 is 0 Å². The average Bonchev–Trinajstić information content (AvgIpc) is 2.35. The Bertz CT molecular complexity index is 558. The van der Waals surface area contributed by atoms with Gasteiger partial charge in [-0.05, 0) is 31.0 Å². The van der Waals surface area contributed by atoms with Gasteiger partial charge in [0.1, 0.15) is 0 Å². The summed E-state index contributed by atoms with van der Waals surface area (Å²) in [6, 6.07) is 8.20. The Morgan fingerprint density at radius 3 is 3.00 bits per heavy atom. The van der Waals surface area contributed by atoms with Gasteiger partial charge in [-0.1, -0.05) is 19.1 Å². The summed E-state index contributed by atoms with van der Waals surface area (Å²) in [5.74, 6) is 0. The molecule has 1 aromatic heterocycles. The monoisotopic (exact) mass is 227 g/mol.